The summed E-state index contributed by atoms with van der Waals surface area (Å²) < 4.78 is 5.72. The summed E-state index contributed by atoms with van der Waals surface area (Å²) in [6, 6.07) is 0. The number of carboxylic acids is 1. The summed E-state index contributed by atoms with van der Waals surface area (Å²) in [5.74, 6) is -1.77. The van der Waals surface area contributed by atoms with Crippen LogP contribution in [0.5, 0.6) is 0 Å². The third-order valence-electron chi connectivity index (χ3n) is 3.68. The standard InChI is InChI=1S/C12H12N4O8.Na/c17-1-3-7(18)8(19)11(24-3)16-10(21)5-4(9(20)15-16)6(12(22)23)14-2-13-5;/h2-3,7-8,11,17-19H,1H2,(H,15,20)(H,22,23);/q;+1/p-1/t3-,7-,8-,11-;/m1./s1. The third-order valence-corrected chi connectivity index (χ3v) is 3.68. The van der Waals surface area contributed by atoms with E-state index in [1.54, 1.807) is 0 Å². The largest absolute Gasteiger partial charge is 1.00 e. The number of aromatic amines is 1. The zero-order valence-corrected chi connectivity index (χ0v) is 14.8. The Morgan fingerprint density at radius 3 is 2.56 bits per heavy atom. The summed E-state index contributed by atoms with van der Waals surface area (Å²) >= 11 is 0. The molecule has 12 nitrogen and oxygen atoms in total. The topological polar surface area (TPSA) is 191 Å². The number of fused-ring (bicyclic) bond motifs is 1. The molecular formula is C12H11N4NaO8. The van der Waals surface area contributed by atoms with Gasteiger partial charge < -0.3 is 30.0 Å². The summed E-state index contributed by atoms with van der Waals surface area (Å²) in [6.45, 7) is -0.627. The molecule has 2 aromatic rings. The normalized spacial score (nSPS) is 25.7. The Bertz CT molecular complexity index is 927. The number of H-pyrrole nitrogens is 1. The Hall–Kier alpha value is -1.67. The number of hydrogen-bond donors (Lipinski definition) is 4. The van der Waals surface area contributed by atoms with E-state index in [0.29, 0.717) is 4.68 Å². The van der Waals surface area contributed by atoms with Crippen molar-refractivity contribution in [1.82, 2.24) is 19.7 Å². The molecule has 4 atom stereocenters. The van der Waals surface area contributed by atoms with Crippen molar-refractivity contribution < 1.29 is 59.5 Å². The van der Waals surface area contributed by atoms with E-state index >= 15 is 0 Å². The number of carbonyl (C=O) groups excluding carboxylic acids is 1. The van der Waals surface area contributed by atoms with Crippen molar-refractivity contribution in [2.75, 3.05) is 6.61 Å². The number of nitrogens with one attached hydrogen (secondary N) is 1. The second-order valence-corrected chi connectivity index (χ2v) is 5.08. The molecule has 3 rings (SSSR count). The van der Waals surface area contributed by atoms with E-state index in [9.17, 15) is 29.7 Å². The quantitative estimate of drug-likeness (QED) is 0.381. The number of ether oxygens (including phenoxy) is 1. The van der Waals surface area contributed by atoms with Crippen LogP contribution in [0.4, 0.5) is 0 Å². The molecule has 1 aliphatic rings. The number of carboxylic acid groups (broad SMARTS) is 1. The maximum absolute atomic E-state index is 12.4. The minimum Gasteiger partial charge on any atom is -0.543 e. The number of hydrogen-bond acceptors (Lipinski definition) is 10. The van der Waals surface area contributed by atoms with Gasteiger partial charge in [0.25, 0.3) is 11.1 Å². The molecule has 13 heteroatoms. The van der Waals surface area contributed by atoms with Gasteiger partial charge in [-0.3, -0.25) is 14.7 Å². The maximum Gasteiger partial charge on any atom is 1.00 e. The molecule has 3 heterocycles. The van der Waals surface area contributed by atoms with Gasteiger partial charge in [0.15, 0.2) is 6.23 Å². The van der Waals surface area contributed by atoms with Gasteiger partial charge in [-0.1, -0.05) is 0 Å². The molecule has 1 saturated heterocycles. The first-order valence-corrected chi connectivity index (χ1v) is 6.70. The summed E-state index contributed by atoms with van der Waals surface area (Å²) in [5.41, 5.74) is -3.29. The molecule has 2 aromatic heterocycles. The Balaban J connectivity index is 0.00000225. The molecule has 1 fully saturated rings. The zero-order chi connectivity index (χ0) is 17.6. The van der Waals surface area contributed by atoms with Gasteiger partial charge >= 0.3 is 29.6 Å². The van der Waals surface area contributed by atoms with Crippen molar-refractivity contribution >= 4 is 16.9 Å². The molecule has 0 bridgehead atoms. The average Bonchev–Trinajstić information content (AvgIpc) is 2.85. The minimum absolute atomic E-state index is 0. The summed E-state index contributed by atoms with van der Waals surface area (Å²) in [6.07, 6.45) is -5.00. The van der Waals surface area contributed by atoms with Crippen LogP contribution in [0.1, 0.15) is 16.7 Å². The van der Waals surface area contributed by atoms with Gasteiger partial charge in [-0.25, -0.2) is 14.6 Å². The predicted octanol–water partition coefficient (Wildman–Crippen LogP) is -7.54. The number of aliphatic hydroxyl groups is 3. The molecule has 0 radical (unpaired) electrons. The van der Waals surface area contributed by atoms with Crippen molar-refractivity contribution in [2.24, 2.45) is 0 Å². The average molecular weight is 362 g/mol. The van der Waals surface area contributed by atoms with Gasteiger partial charge in [0, 0.05) is 0 Å². The fourth-order valence-electron chi connectivity index (χ4n) is 2.52. The molecule has 128 valence electrons. The van der Waals surface area contributed by atoms with Gasteiger partial charge in [-0.05, 0) is 0 Å². The molecule has 4 N–H and O–H groups in total. The van der Waals surface area contributed by atoms with Gasteiger partial charge in [-0.2, -0.15) is 0 Å². The second kappa shape index (κ2) is 7.29. The van der Waals surface area contributed by atoms with Crippen LogP contribution in [0.15, 0.2) is 15.9 Å². The number of aromatic nitrogens is 4. The first kappa shape index (κ1) is 19.7. The van der Waals surface area contributed by atoms with E-state index in [1.807, 2.05) is 0 Å². The molecule has 25 heavy (non-hydrogen) atoms. The fraction of sp³-hybridized carbons (Fsp3) is 0.417. The van der Waals surface area contributed by atoms with Crippen LogP contribution in [0.2, 0.25) is 0 Å². The Kier molecular flexibility index (Phi) is 5.73. The fourth-order valence-corrected chi connectivity index (χ4v) is 2.52. The number of rotatable bonds is 3. The van der Waals surface area contributed by atoms with Gasteiger partial charge in [0.1, 0.15) is 41.2 Å². The summed E-state index contributed by atoms with van der Waals surface area (Å²) in [7, 11) is 0. The smallest absolute Gasteiger partial charge is 0.543 e. The van der Waals surface area contributed by atoms with E-state index in [-0.39, 0.29) is 29.6 Å². The van der Waals surface area contributed by atoms with E-state index < -0.39 is 64.8 Å². The van der Waals surface area contributed by atoms with Crippen LogP contribution in [0.3, 0.4) is 0 Å². The van der Waals surface area contributed by atoms with Crippen LogP contribution in [-0.2, 0) is 4.74 Å². The predicted molar refractivity (Wildman–Crippen MR) is 71.8 cm³/mol. The minimum atomic E-state index is -1.77. The van der Waals surface area contributed by atoms with E-state index in [2.05, 4.69) is 15.1 Å². The monoisotopic (exact) mass is 362 g/mol. The number of aromatic carboxylic acids is 1. The van der Waals surface area contributed by atoms with Crippen LogP contribution in [0.25, 0.3) is 10.9 Å². The van der Waals surface area contributed by atoms with E-state index in [1.165, 1.54) is 0 Å². The zero-order valence-electron chi connectivity index (χ0n) is 12.8. The Morgan fingerprint density at radius 1 is 1.32 bits per heavy atom. The molecule has 0 spiro atoms. The molecule has 0 unspecified atom stereocenters. The number of aliphatic hydroxyl groups excluding tert-OH is 3. The van der Waals surface area contributed by atoms with Crippen LogP contribution in [-0.4, -0.2) is 66.0 Å². The summed E-state index contributed by atoms with van der Waals surface area (Å²) in [4.78, 5) is 42.6. The Morgan fingerprint density at radius 2 is 2.00 bits per heavy atom. The molecule has 0 saturated carbocycles. The van der Waals surface area contributed by atoms with Crippen molar-refractivity contribution in [1.29, 1.82) is 0 Å². The van der Waals surface area contributed by atoms with E-state index in [4.69, 9.17) is 9.84 Å². The van der Waals surface area contributed by atoms with Crippen molar-refractivity contribution in [3.05, 3.63) is 32.7 Å². The SMILES string of the molecule is O=C([O-])c1ncnc2c(=O)n([C@@H]3O[C@H](CO)[C@@H](O)[C@H]3O)[nH]c(=O)c12.[Na+]. The second-order valence-electron chi connectivity index (χ2n) is 5.08. The van der Waals surface area contributed by atoms with Crippen molar-refractivity contribution in [2.45, 2.75) is 24.5 Å². The van der Waals surface area contributed by atoms with Crippen LogP contribution < -0.4 is 45.8 Å². The molecular weight excluding hydrogens is 351 g/mol. The van der Waals surface area contributed by atoms with Crippen molar-refractivity contribution in [3.8, 4) is 0 Å². The first-order chi connectivity index (χ1) is 11.4. The molecule has 0 amide bonds. The molecule has 0 aromatic carbocycles. The van der Waals surface area contributed by atoms with E-state index in [0.717, 1.165) is 6.33 Å². The number of carbonyl (C=O) groups is 1. The molecule has 1 aliphatic heterocycles. The summed E-state index contributed by atoms with van der Waals surface area (Å²) in [5, 5.41) is 41.2. The van der Waals surface area contributed by atoms with Gasteiger partial charge in [0.05, 0.1) is 12.6 Å². The van der Waals surface area contributed by atoms with Crippen molar-refractivity contribution in [3.63, 3.8) is 0 Å². The van der Waals surface area contributed by atoms with Gasteiger partial charge in [0.2, 0.25) is 0 Å². The molecule has 0 aliphatic carbocycles. The number of nitrogens with zero attached hydrogens (tertiary/aromatic N) is 3. The van der Waals surface area contributed by atoms with Crippen LogP contribution in [0, 0.1) is 0 Å². The van der Waals surface area contributed by atoms with Crippen LogP contribution >= 0.6 is 0 Å². The van der Waals surface area contributed by atoms with Gasteiger partial charge in [-0.15, -0.1) is 0 Å². The maximum atomic E-state index is 12.4. The first-order valence-electron chi connectivity index (χ1n) is 6.70. The Labute approximate surface area is 160 Å². The third kappa shape index (κ3) is 3.13.